The average Bonchev–Trinajstić information content (AvgIpc) is 2.67. The highest BCUT2D eigenvalue weighted by molar-refractivity contribution is 5.31. The minimum absolute atomic E-state index is 0.0324. The van der Waals surface area contributed by atoms with Crippen LogP contribution >= 0.6 is 0 Å². The van der Waals surface area contributed by atoms with Gasteiger partial charge in [-0.05, 0) is 25.3 Å². The number of rotatable bonds is 3. The van der Waals surface area contributed by atoms with E-state index in [1.165, 1.54) is 5.56 Å². The number of furan rings is 1. The second-order valence-electron chi connectivity index (χ2n) is 4.07. The molecule has 2 rings (SSSR count). The van der Waals surface area contributed by atoms with Crippen molar-refractivity contribution < 1.29 is 9.52 Å². The fraction of sp³-hybridized carbons (Fsp3) is 0.636. The van der Waals surface area contributed by atoms with Crippen molar-refractivity contribution in [3.63, 3.8) is 0 Å². The Labute approximate surface area is 83.9 Å². The molecule has 0 aromatic carbocycles. The van der Waals surface area contributed by atoms with Crippen LogP contribution in [0.25, 0.3) is 0 Å². The van der Waals surface area contributed by atoms with Gasteiger partial charge in [0.15, 0.2) is 0 Å². The van der Waals surface area contributed by atoms with Gasteiger partial charge in [-0.2, -0.15) is 0 Å². The Balaban J connectivity index is 2.36. The van der Waals surface area contributed by atoms with Gasteiger partial charge in [0, 0.05) is 30.6 Å². The SMILES string of the molecule is NCC1(CCO)CCCc2occc21. The lowest BCUT2D eigenvalue weighted by atomic mass is 9.70. The van der Waals surface area contributed by atoms with Crippen molar-refractivity contribution in [2.75, 3.05) is 13.2 Å². The molecule has 0 amide bonds. The van der Waals surface area contributed by atoms with Crippen molar-refractivity contribution in [2.24, 2.45) is 5.73 Å². The molecule has 1 heterocycles. The maximum absolute atomic E-state index is 9.09. The summed E-state index contributed by atoms with van der Waals surface area (Å²) < 4.78 is 5.42. The van der Waals surface area contributed by atoms with Crippen LogP contribution in [0.2, 0.25) is 0 Å². The summed E-state index contributed by atoms with van der Waals surface area (Å²) in [5.74, 6) is 1.06. The highest BCUT2D eigenvalue weighted by Crippen LogP contribution is 2.39. The summed E-state index contributed by atoms with van der Waals surface area (Å²) in [5, 5.41) is 9.09. The first-order valence-electron chi connectivity index (χ1n) is 5.20. The van der Waals surface area contributed by atoms with Gasteiger partial charge < -0.3 is 15.3 Å². The maximum Gasteiger partial charge on any atom is 0.107 e. The van der Waals surface area contributed by atoms with Gasteiger partial charge >= 0.3 is 0 Å². The van der Waals surface area contributed by atoms with Crippen molar-refractivity contribution >= 4 is 0 Å². The predicted molar refractivity (Wildman–Crippen MR) is 54.1 cm³/mol. The van der Waals surface area contributed by atoms with Crippen molar-refractivity contribution in [1.82, 2.24) is 0 Å². The number of hydrogen-bond acceptors (Lipinski definition) is 3. The Bertz CT molecular complexity index is 308. The quantitative estimate of drug-likeness (QED) is 0.761. The third kappa shape index (κ3) is 1.37. The van der Waals surface area contributed by atoms with E-state index in [2.05, 4.69) is 0 Å². The van der Waals surface area contributed by atoms with E-state index >= 15 is 0 Å². The molecule has 0 saturated heterocycles. The zero-order valence-corrected chi connectivity index (χ0v) is 8.33. The van der Waals surface area contributed by atoms with Crippen molar-refractivity contribution in [1.29, 1.82) is 0 Å². The molecule has 1 aromatic heterocycles. The Morgan fingerprint density at radius 2 is 2.43 bits per heavy atom. The first kappa shape index (κ1) is 9.74. The fourth-order valence-electron chi connectivity index (χ4n) is 2.52. The van der Waals surface area contributed by atoms with E-state index in [0.29, 0.717) is 6.54 Å². The zero-order valence-electron chi connectivity index (χ0n) is 8.33. The van der Waals surface area contributed by atoms with Crippen LogP contribution in [0.5, 0.6) is 0 Å². The molecule has 1 atom stereocenters. The monoisotopic (exact) mass is 195 g/mol. The molecule has 0 bridgehead atoms. The second kappa shape index (κ2) is 3.75. The summed E-state index contributed by atoms with van der Waals surface area (Å²) in [7, 11) is 0. The van der Waals surface area contributed by atoms with Crippen LogP contribution in [0.15, 0.2) is 16.7 Å². The minimum Gasteiger partial charge on any atom is -0.469 e. The maximum atomic E-state index is 9.09. The van der Waals surface area contributed by atoms with Gasteiger partial charge in [-0.15, -0.1) is 0 Å². The first-order valence-corrected chi connectivity index (χ1v) is 5.20. The number of aliphatic hydroxyl groups excluding tert-OH is 1. The Kier molecular flexibility index (Phi) is 2.61. The topological polar surface area (TPSA) is 59.4 Å². The van der Waals surface area contributed by atoms with Gasteiger partial charge in [0.05, 0.1) is 6.26 Å². The van der Waals surface area contributed by atoms with E-state index in [9.17, 15) is 0 Å². The van der Waals surface area contributed by atoms with E-state index in [-0.39, 0.29) is 12.0 Å². The van der Waals surface area contributed by atoms with Gasteiger partial charge in [-0.25, -0.2) is 0 Å². The third-order valence-corrected chi connectivity index (χ3v) is 3.36. The van der Waals surface area contributed by atoms with Crippen LogP contribution in [0.4, 0.5) is 0 Å². The molecule has 14 heavy (non-hydrogen) atoms. The normalized spacial score (nSPS) is 26.1. The molecule has 1 aromatic rings. The molecular weight excluding hydrogens is 178 g/mol. The third-order valence-electron chi connectivity index (χ3n) is 3.36. The summed E-state index contributed by atoms with van der Waals surface area (Å²) in [6.45, 7) is 0.794. The summed E-state index contributed by atoms with van der Waals surface area (Å²) in [6, 6.07) is 2.01. The van der Waals surface area contributed by atoms with Gasteiger partial charge in [0.1, 0.15) is 5.76 Å². The Hall–Kier alpha value is -0.800. The number of nitrogens with two attached hydrogens (primary N) is 1. The van der Waals surface area contributed by atoms with Gasteiger partial charge in [-0.1, -0.05) is 0 Å². The van der Waals surface area contributed by atoms with Gasteiger partial charge in [0.25, 0.3) is 0 Å². The first-order chi connectivity index (χ1) is 6.82. The van der Waals surface area contributed by atoms with Crippen molar-refractivity contribution in [3.05, 3.63) is 23.7 Å². The molecule has 3 N–H and O–H groups in total. The molecule has 0 spiro atoms. The summed E-state index contributed by atoms with van der Waals surface area (Å²) >= 11 is 0. The lowest BCUT2D eigenvalue weighted by Gasteiger charge is -2.35. The molecule has 3 heteroatoms. The lowest BCUT2D eigenvalue weighted by molar-refractivity contribution is 0.220. The molecular formula is C11H17NO2. The molecule has 0 fully saturated rings. The zero-order chi connectivity index (χ0) is 10.0. The highest BCUT2D eigenvalue weighted by atomic mass is 16.3. The van der Waals surface area contributed by atoms with Gasteiger partial charge in [-0.3, -0.25) is 0 Å². The molecule has 1 aliphatic carbocycles. The van der Waals surface area contributed by atoms with Crippen LogP contribution in [0.3, 0.4) is 0 Å². The largest absolute Gasteiger partial charge is 0.469 e. The van der Waals surface area contributed by atoms with Gasteiger partial charge in [0.2, 0.25) is 0 Å². The number of fused-ring (bicyclic) bond motifs is 1. The summed E-state index contributed by atoms with van der Waals surface area (Å²) in [6.07, 6.45) is 5.66. The predicted octanol–water partition coefficient (Wildman–Crippen LogP) is 1.19. The van der Waals surface area contributed by atoms with Crippen LogP contribution in [0.1, 0.15) is 30.6 Å². The van der Waals surface area contributed by atoms with Crippen LogP contribution < -0.4 is 5.73 Å². The highest BCUT2D eigenvalue weighted by Gasteiger charge is 2.36. The van der Waals surface area contributed by atoms with E-state index in [1.807, 2.05) is 6.07 Å². The molecule has 1 aliphatic rings. The Morgan fingerprint density at radius 3 is 3.14 bits per heavy atom. The van der Waals surface area contributed by atoms with Crippen LogP contribution in [0, 0.1) is 0 Å². The van der Waals surface area contributed by atoms with Crippen molar-refractivity contribution in [3.8, 4) is 0 Å². The molecule has 1 unspecified atom stereocenters. The number of aryl methyl sites for hydroxylation is 1. The standard InChI is InChI=1S/C11H17NO2/c12-8-11(5-6-13)4-1-2-10-9(11)3-7-14-10/h3,7,13H,1-2,4-6,8,12H2. The Morgan fingerprint density at radius 1 is 1.57 bits per heavy atom. The van der Waals surface area contributed by atoms with Crippen LogP contribution in [-0.2, 0) is 11.8 Å². The summed E-state index contributed by atoms with van der Waals surface area (Å²) in [4.78, 5) is 0. The molecule has 78 valence electrons. The second-order valence-corrected chi connectivity index (χ2v) is 4.07. The fourth-order valence-corrected chi connectivity index (χ4v) is 2.52. The molecule has 3 nitrogen and oxygen atoms in total. The van der Waals surface area contributed by atoms with E-state index in [1.54, 1.807) is 6.26 Å². The molecule has 0 radical (unpaired) electrons. The van der Waals surface area contributed by atoms with Crippen molar-refractivity contribution in [2.45, 2.75) is 31.1 Å². The smallest absolute Gasteiger partial charge is 0.107 e. The molecule has 0 saturated carbocycles. The number of hydrogen-bond donors (Lipinski definition) is 2. The van der Waals surface area contributed by atoms with Crippen LogP contribution in [-0.4, -0.2) is 18.3 Å². The minimum atomic E-state index is -0.0324. The van der Waals surface area contributed by atoms with E-state index < -0.39 is 0 Å². The summed E-state index contributed by atoms with van der Waals surface area (Å²) in [5.41, 5.74) is 7.04. The van der Waals surface area contributed by atoms with E-state index in [4.69, 9.17) is 15.3 Å². The number of aliphatic hydroxyl groups is 1. The lowest BCUT2D eigenvalue weighted by Crippen LogP contribution is -2.38. The van der Waals surface area contributed by atoms with E-state index in [0.717, 1.165) is 31.4 Å². The molecule has 0 aliphatic heterocycles. The average molecular weight is 195 g/mol.